The number of alkyl halides is 3. The van der Waals surface area contributed by atoms with Crippen LogP contribution in [0.1, 0.15) is 68.4 Å². The highest BCUT2D eigenvalue weighted by molar-refractivity contribution is 6.00. The third kappa shape index (κ3) is 7.11. The van der Waals surface area contributed by atoms with Crippen molar-refractivity contribution < 1.29 is 31.9 Å². The van der Waals surface area contributed by atoms with E-state index in [4.69, 9.17) is 0 Å². The molecule has 3 atom stereocenters. The minimum atomic E-state index is -4.56. The lowest BCUT2D eigenvalue weighted by Crippen LogP contribution is -2.51. The van der Waals surface area contributed by atoms with Crippen LogP contribution < -0.4 is 16.0 Å². The summed E-state index contributed by atoms with van der Waals surface area (Å²) in [5.41, 5.74) is 0.295. The van der Waals surface area contributed by atoms with Crippen LogP contribution in [-0.4, -0.2) is 46.3 Å². The predicted molar refractivity (Wildman–Crippen MR) is 133 cm³/mol. The molecule has 8 nitrogen and oxygen atoms in total. The van der Waals surface area contributed by atoms with Crippen molar-refractivity contribution in [3.05, 3.63) is 47.5 Å². The van der Waals surface area contributed by atoms with Crippen LogP contribution in [0.5, 0.6) is 0 Å². The van der Waals surface area contributed by atoms with E-state index in [1.165, 1.54) is 29.9 Å². The molecule has 3 N–H and O–H groups in total. The van der Waals surface area contributed by atoms with Gasteiger partial charge in [0.15, 0.2) is 0 Å². The molecule has 0 saturated heterocycles. The van der Waals surface area contributed by atoms with Gasteiger partial charge in [-0.2, -0.15) is 18.3 Å². The molecular formula is C26H33F4N5O3. The minimum absolute atomic E-state index is 0.152. The second-order valence-corrected chi connectivity index (χ2v) is 9.53. The van der Waals surface area contributed by atoms with Crippen LogP contribution in [0.25, 0.3) is 0 Å². The number of aryl methyl sites for hydroxylation is 1. The van der Waals surface area contributed by atoms with Crippen LogP contribution in [-0.2, 0) is 16.1 Å². The van der Waals surface area contributed by atoms with Gasteiger partial charge in [-0.25, -0.2) is 4.39 Å². The molecule has 0 aliphatic heterocycles. The molecule has 3 amide bonds. The third-order valence-electron chi connectivity index (χ3n) is 7.08. The number of hydrogen-bond acceptors (Lipinski definition) is 4. The summed E-state index contributed by atoms with van der Waals surface area (Å²) < 4.78 is 53.7. The summed E-state index contributed by atoms with van der Waals surface area (Å²) in [4.78, 5) is 38.5. The Kier molecular flexibility index (Phi) is 9.50. The normalized spacial score (nSPS) is 16.2. The zero-order valence-corrected chi connectivity index (χ0v) is 21.6. The summed E-state index contributed by atoms with van der Waals surface area (Å²) in [6, 6.07) is 4.26. The van der Waals surface area contributed by atoms with Crippen molar-refractivity contribution in [1.29, 1.82) is 0 Å². The highest BCUT2D eigenvalue weighted by Gasteiger charge is 2.37. The first-order valence-electron chi connectivity index (χ1n) is 12.7. The van der Waals surface area contributed by atoms with E-state index in [-0.39, 0.29) is 23.1 Å². The van der Waals surface area contributed by atoms with Gasteiger partial charge in [-0.3, -0.25) is 19.1 Å². The number of carbonyl (C=O) groups excluding carboxylic acids is 3. The van der Waals surface area contributed by atoms with Gasteiger partial charge in [0.05, 0.1) is 11.6 Å². The Morgan fingerprint density at radius 3 is 2.39 bits per heavy atom. The van der Waals surface area contributed by atoms with Crippen molar-refractivity contribution in [3.63, 3.8) is 0 Å². The first-order valence-corrected chi connectivity index (χ1v) is 12.7. The smallest absolute Gasteiger partial charge is 0.346 e. The monoisotopic (exact) mass is 539 g/mol. The molecule has 2 aromatic rings. The minimum Gasteiger partial charge on any atom is -0.346 e. The fourth-order valence-corrected chi connectivity index (χ4v) is 4.67. The maximum absolute atomic E-state index is 15.0. The van der Waals surface area contributed by atoms with E-state index < -0.39 is 48.2 Å². The molecule has 208 valence electrons. The Morgan fingerprint density at radius 2 is 1.84 bits per heavy atom. The fourth-order valence-electron chi connectivity index (χ4n) is 4.67. The molecule has 12 heteroatoms. The number of amides is 3. The summed E-state index contributed by atoms with van der Waals surface area (Å²) in [5.74, 6) is -3.76. The highest BCUT2D eigenvalue weighted by Crippen LogP contribution is 2.37. The van der Waals surface area contributed by atoms with Crippen LogP contribution in [0, 0.1) is 17.7 Å². The molecule has 0 spiro atoms. The Hall–Kier alpha value is -3.44. The van der Waals surface area contributed by atoms with Crippen molar-refractivity contribution >= 4 is 23.4 Å². The number of halogens is 4. The Labute approximate surface area is 218 Å². The van der Waals surface area contributed by atoms with Crippen LogP contribution in [0.4, 0.5) is 23.2 Å². The fraction of sp³-hybridized carbons (Fsp3) is 0.538. The van der Waals surface area contributed by atoms with Crippen molar-refractivity contribution in [1.82, 2.24) is 20.4 Å². The highest BCUT2D eigenvalue weighted by atomic mass is 19.4. The molecule has 1 aromatic carbocycles. The molecule has 3 rings (SSSR count). The van der Waals surface area contributed by atoms with Gasteiger partial charge in [0.1, 0.15) is 24.1 Å². The molecule has 0 bridgehead atoms. The van der Waals surface area contributed by atoms with Gasteiger partial charge in [0, 0.05) is 12.7 Å². The number of nitrogens with zero attached hydrogens (tertiary/aromatic N) is 2. The largest absolute Gasteiger partial charge is 0.405 e. The average Bonchev–Trinajstić information content (AvgIpc) is 3.32. The van der Waals surface area contributed by atoms with Gasteiger partial charge in [-0.1, -0.05) is 38.7 Å². The average molecular weight is 540 g/mol. The number of hydrogen-bond donors (Lipinski definition) is 3. The number of rotatable bonds is 11. The van der Waals surface area contributed by atoms with Gasteiger partial charge in [0.25, 0.3) is 5.91 Å². The molecule has 1 aliphatic rings. The van der Waals surface area contributed by atoms with E-state index in [2.05, 4.69) is 15.7 Å². The topological polar surface area (TPSA) is 105 Å². The maximum Gasteiger partial charge on any atom is 0.405 e. The van der Waals surface area contributed by atoms with E-state index >= 15 is 0 Å². The predicted octanol–water partition coefficient (Wildman–Crippen LogP) is 4.39. The second kappa shape index (κ2) is 12.4. The molecule has 1 aromatic heterocycles. The van der Waals surface area contributed by atoms with Gasteiger partial charge in [-0.15, -0.1) is 0 Å². The van der Waals surface area contributed by atoms with Gasteiger partial charge in [0.2, 0.25) is 11.8 Å². The van der Waals surface area contributed by atoms with E-state index in [1.54, 1.807) is 11.4 Å². The summed E-state index contributed by atoms with van der Waals surface area (Å²) in [6.07, 6.45) is 0.467. The number of benzene rings is 1. The first kappa shape index (κ1) is 29.1. The lowest BCUT2D eigenvalue weighted by Gasteiger charge is -2.37. The molecule has 1 fully saturated rings. The zero-order valence-electron chi connectivity index (χ0n) is 21.6. The standard InChI is InChI=1S/C26H33F4N5O3/c1-4-18(16-7-6-8-16)22(34-24(37)21-11-12-32-35(21)5-2)25(38)33-20-10-9-17(13-19(20)27)15(3)23(36)31-14-26(28,29)30/h9-13,15-16,18,22H,4-8,14H2,1-3H3,(H,31,36)(H,33,38)(H,34,37)/t15-,18-,22-/m0/s1. The van der Waals surface area contributed by atoms with Crippen molar-refractivity contribution in [2.75, 3.05) is 11.9 Å². The molecular weight excluding hydrogens is 506 g/mol. The van der Waals surface area contributed by atoms with Crippen LogP contribution >= 0.6 is 0 Å². The van der Waals surface area contributed by atoms with E-state index in [1.807, 2.05) is 13.8 Å². The van der Waals surface area contributed by atoms with Gasteiger partial charge in [-0.05, 0) is 49.4 Å². The molecule has 1 aliphatic carbocycles. The second-order valence-electron chi connectivity index (χ2n) is 9.53. The van der Waals surface area contributed by atoms with Gasteiger partial charge >= 0.3 is 6.18 Å². The Balaban J connectivity index is 1.76. The van der Waals surface area contributed by atoms with Gasteiger partial charge < -0.3 is 16.0 Å². The molecule has 0 radical (unpaired) electrons. The molecule has 1 saturated carbocycles. The van der Waals surface area contributed by atoms with Crippen LogP contribution in [0.3, 0.4) is 0 Å². The number of aromatic nitrogens is 2. The molecule has 0 unspecified atom stereocenters. The quantitative estimate of drug-likeness (QED) is 0.369. The zero-order chi connectivity index (χ0) is 28.0. The molecule has 1 heterocycles. The SMILES string of the molecule is CC[C@@H](C1CCC1)[C@H](NC(=O)c1ccnn1CC)C(=O)Nc1ccc([C@H](C)C(=O)NCC(F)(F)F)cc1F. The van der Waals surface area contributed by atoms with Crippen LogP contribution in [0.2, 0.25) is 0 Å². The van der Waals surface area contributed by atoms with E-state index in [0.717, 1.165) is 25.3 Å². The lowest BCUT2D eigenvalue weighted by molar-refractivity contribution is -0.139. The number of nitrogens with one attached hydrogen (secondary N) is 3. The van der Waals surface area contributed by atoms with E-state index in [9.17, 15) is 31.9 Å². The summed E-state index contributed by atoms with van der Waals surface area (Å²) in [5, 5.41) is 11.2. The van der Waals surface area contributed by atoms with Crippen molar-refractivity contribution in [2.45, 2.75) is 71.1 Å². The lowest BCUT2D eigenvalue weighted by atomic mass is 9.71. The van der Waals surface area contributed by atoms with Crippen LogP contribution in [0.15, 0.2) is 30.5 Å². The molecule has 38 heavy (non-hydrogen) atoms. The van der Waals surface area contributed by atoms with Crippen molar-refractivity contribution in [2.24, 2.45) is 11.8 Å². The third-order valence-corrected chi connectivity index (χ3v) is 7.08. The number of carbonyl (C=O) groups is 3. The number of anilines is 1. The summed E-state index contributed by atoms with van der Waals surface area (Å²) >= 11 is 0. The van der Waals surface area contributed by atoms with Crippen molar-refractivity contribution in [3.8, 4) is 0 Å². The summed E-state index contributed by atoms with van der Waals surface area (Å²) in [6.45, 7) is 4.11. The van der Waals surface area contributed by atoms with E-state index in [0.29, 0.717) is 18.7 Å². The Morgan fingerprint density at radius 1 is 1.13 bits per heavy atom. The Bertz CT molecular complexity index is 1150. The first-order chi connectivity index (χ1) is 17.9. The maximum atomic E-state index is 15.0. The summed E-state index contributed by atoms with van der Waals surface area (Å²) in [7, 11) is 0.